The average Bonchev–Trinajstić information content (AvgIpc) is 2.70. The first-order valence-electron chi connectivity index (χ1n) is 8.98. The molecule has 3 aromatic rings. The standard InChI is InChI=1S/C22H22N2O4S/c1-16-6-8-17(9-7-16)14-22(25)23-18-10-12-21(13-11-18)29(26,27)24-19-4-3-5-20(15-19)28-2/h3-13,15,24H,14H2,1-2H3,(H,23,25). The van der Waals surface area contributed by atoms with Crippen molar-refractivity contribution < 1.29 is 17.9 Å². The fourth-order valence-electron chi connectivity index (χ4n) is 2.71. The highest BCUT2D eigenvalue weighted by molar-refractivity contribution is 7.92. The Kier molecular flexibility index (Phi) is 6.19. The maximum Gasteiger partial charge on any atom is 0.261 e. The molecule has 0 radical (unpaired) electrons. The minimum atomic E-state index is -3.75. The van der Waals surface area contributed by atoms with E-state index in [1.54, 1.807) is 36.4 Å². The summed E-state index contributed by atoms with van der Waals surface area (Å²) >= 11 is 0. The summed E-state index contributed by atoms with van der Waals surface area (Å²) in [5, 5.41) is 2.78. The highest BCUT2D eigenvalue weighted by atomic mass is 32.2. The largest absolute Gasteiger partial charge is 0.497 e. The van der Waals surface area contributed by atoms with Crippen LogP contribution in [0.2, 0.25) is 0 Å². The molecule has 0 aliphatic heterocycles. The number of hydrogen-bond acceptors (Lipinski definition) is 4. The summed E-state index contributed by atoms with van der Waals surface area (Å²) in [6.07, 6.45) is 0.248. The lowest BCUT2D eigenvalue weighted by molar-refractivity contribution is -0.115. The number of anilines is 2. The molecule has 150 valence electrons. The van der Waals surface area contributed by atoms with Gasteiger partial charge >= 0.3 is 0 Å². The van der Waals surface area contributed by atoms with Gasteiger partial charge in [-0.25, -0.2) is 8.42 Å². The van der Waals surface area contributed by atoms with Crippen molar-refractivity contribution in [3.63, 3.8) is 0 Å². The Morgan fingerprint density at radius 1 is 0.931 bits per heavy atom. The number of sulfonamides is 1. The second kappa shape index (κ2) is 8.79. The van der Waals surface area contributed by atoms with Gasteiger partial charge in [-0.3, -0.25) is 9.52 Å². The normalized spacial score (nSPS) is 11.0. The summed E-state index contributed by atoms with van der Waals surface area (Å²) in [7, 11) is -2.24. The van der Waals surface area contributed by atoms with E-state index in [0.29, 0.717) is 17.1 Å². The van der Waals surface area contributed by atoms with Crippen molar-refractivity contribution in [2.75, 3.05) is 17.1 Å². The van der Waals surface area contributed by atoms with Crippen LogP contribution in [0.5, 0.6) is 5.75 Å². The molecule has 0 saturated carbocycles. The van der Waals surface area contributed by atoms with E-state index in [0.717, 1.165) is 11.1 Å². The van der Waals surface area contributed by atoms with Crippen LogP contribution in [0.15, 0.2) is 77.7 Å². The van der Waals surface area contributed by atoms with Gasteiger partial charge in [0.1, 0.15) is 5.75 Å². The Labute approximate surface area is 170 Å². The van der Waals surface area contributed by atoms with Gasteiger partial charge in [-0.05, 0) is 48.9 Å². The van der Waals surface area contributed by atoms with Crippen LogP contribution < -0.4 is 14.8 Å². The first-order chi connectivity index (χ1) is 13.9. The molecule has 0 aromatic heterocycles. The topological polar surface area (TPSA) is 84.5 Å². The Hall–Kier alpha value is -3.32. The number of amides is 1. The van der Waals surface area contributed by atoms with Gasteiger partial charge in [0.25, 0.3) is 10.0 Å². The van der Waals surface area contributed by atoms with Crippen molar-refractivity contribution in [1.82, 2.24) is 0 Å². The summed E-state index contributed by atoms with van der Waals surface area (Å²) in [4.78, 5) is 12.3. The molecular formula is C22H22N2O4S. The second-order valence-electron chi connectivity index (χ2n) is 6.57. The number of benzene rings is 3. The number of hydrogen-bond donors (Lipinski definition) is 2. The summed E-state index contributed by atoms with van der Waals surface area (Å²) < 4.78 is 32.7. The molecule has 3 aromatic carbocycles. The van der Waals surface area contributed by atoms with Gasteiger partial charge in [-0.15, -0.1) is 0 Å². The zero-order valence-electron chi connectivity index (χ0n) is 16.2. The smallest absolute Gasteiger partial charge is 0.261 e. The number of carbonyl (C=O) groups excluding carboxylic acids is 1. The Morgan fingerprint density at radius 2 is 1.62 bits per heavy atom. The highest BCUT2D eigenvalue weighted by Crippen LogP contribution is 2.21. The van der Waals surface area contributed by atoms with E-state index in [-0.39, 0.29) is 17.2 Å². The number of methoxy groups -OCH3 is 1. The molecule has 0 saturated heterocycles. The maximum atomic E-state index is 12.6. The molecule has 0 heterocycles. The van der Waals surface area contributed by atoms with E-state index >= 15 is 0 Å². The lowest BCUT2D eigenvalue weighted by Crippen LogP contribution is -2.15. The summed E-state index contributed by atoms with van der Waals surface area (Å²) in [5.74, 6) is 0.385. The van der Waals surface area contributed by atoms with Crippen molar-refractivity contribution in [1.29, 1.82) is 0 Å². The fraction of sp³-hybridized carbons (Fsp3) is 0.136. The monoisotopic (exact) mass is 410 g/mol. The predicted octanol–water partition coefficient (Wildman–Crippen LogP) is 3.99. The molecule has 6 nitrogen and oxygen atoms in total. The number of carbonyl (C=O) groups is 1. The van der Waals surface area contributed by atoms with Crippen LogP contribution in [0.3, 0.4) is 0 Å². The highest BCUT2D eigenvalue weighted by Gasteiger charge is 2.15. The van der Waals surface area contributed by atoms with Crippen LogP contribution in [-0.2, 0) is 21.2 Å². The number of aryl methyl sites for hydroxylation is 1. The second-order valence-corrected chi connectivity index (χ2v) is 8.25. The van der Waals surface area contributed by atoms with Crippen LogP contribution in [0, 0.1) is 6.92 Å². The average molecular weight is 410 g/mol. The first-order valence-corrected chi connectivity index (χ1v) is 10.5. The summed E-state index contributed by atoms with van der Waals surface area (Å²) in [6.45, 7) is 1.99. The zero-order chi connectivity index (χ0) is 20.9. The molecule has 3 rings (SSSR count). The molecule has 0 aliphatic rings. The van der Waals surface area contributed by atoms with Gasteiger partial charge in [-0.1, -0.05) is 35.9 Å². The lowest BCUT2D eigenvalue weighted by atomic mass is 10.1. The van der Waals surface area contributed by atoms with Gasteiger partial charge < -0.3 is 10.1 Å². The third kappa shape index (κ3) is 5.58. The SMILES string of the molecule is COc1cccc(NS(=O)(=O)c2ccc(NC(=O)Cc3ccc(C)cc3)cc2)c1. The minimum absolute atomic E-state index is 0.0943. The molecular weight excluding hydrogens is 388 g/mol. The quantitative estimate of drug-likeness (QED) is 0.617. The van der Waals surface area contributed by atoms with Gasteiger partial charge in [0, 0.05) is 11.8 Å². The molecule has 0 fully saturated rings. The van der Waals surface area contributed by atoms with Gasteiger partial charge in [0.2, 0.25) is 5.91 Å². The minimum Gasteiger partial charge on any atom is -0.497 e. The van der Waals surface area contributed by atoms with Crippen LogP contribution in [0.4, 0.5) is 11.4 Å². The van der Waals surface area contributed by atoms with Crippen molar-refractivity contribution in [2.45, 2.75) is 18.2 Å². The number of ether oxygens (including phenoxy) is 1. The lowest BCUT2D eigenvalue weighted by Gasteiger charge is -2.10. The van der Waals surface area contributed by atoms with Gasteiger partial charge in [0.15, 0.2) is 0 Å². The van der Waals surface area contributed by atoms with Crippen LogP contribution in [0.1, 0.15) is 11.1 Å². The maximum absolute atomic E-state index is 12.6. The van der Waals surface area contributed by atoms with Gasteiger partial charge in [0.05, 0.1) is 24.1 Å². The molecule has 0 bridgehead atoms. The van der Waals surface area contributed by atoms with E-state index in [4.69, 9.17) is 4.74 Å². The van der Waals surface area contributed by atoms with Crippen molar-refractivity contribution in [3.8, 4) is 5.75 Å². The fourth-order valence-corrected chi connectivity index (χ4v) is 3.76. The van der Waals surface area contributed by atoms with Crippen LogP contribution >= 0.6 is 0 Å². The third-order valence-electron chi connectivity index (χ3n) is 4.26. The van der Waals surface area contributed by atoms with Crippen molar-refractivity contribution in [3.05, 3.63) is 83.9 Å². The van der Waals surface area contributed by atoms with Crippen LogP contribution in [0.25, 0.3) is 0 Å². The predicted molar refractivity (Wildman–Crippen MR) is 114 cm³/mol. The molecule has 7 heteroatoms. The molecule has 1 amide bonds. The Bertz CT molecular complexity index is 1090. The molecule has 0 spiro atoms. The first kappa shape index (κ1) is 20.4. The summed E-state index contributed by atoms with van der Waals surface area (Å²) in [6, 6.07) is 20.4. The Morgan fingerprint density at radius 3 is 2.28 bits per heavy atom. The zero-order valence-corrected chi connectivity index (χ0v) is 17.0. The van der Waals surface area contributed by atoms with Gasteiger partial charge in [-0.2, -0.15) is 0 Å². The van der Waals surface area contributed by atoms with E-state index in [1.807, 2.05) is 31.2 Å². The van der Waals surface area contributed by atoms with Crippen molar-refractivity contribution in [2.24, 2.45) is 0 Å². The van der Waals surface area contributed by atoms with Crippen LogP contribution in [-0.4, -0.2) is 21.4 Å². The third-order valence-corrected chi connectivity index (χ3v) is 5.65. The molecule has 2 N–H and O–H groups in total. The molecule has 0 aliphatic carbocycles. The molecule has 29 heavy (non-hydrogen) atoms. The molecule has 0 atom stereocenters. The summed E-state index contributed by atoms with van der Waals surface area (Å²) in [5.41, 5.74) is 2.98. The van der Waals surface area contributed by atoms with E-state index in [1.165, 1.54) is 19.2 Å². The van der Waals surface area contributed by atoms with E-state index < -0.39 is 10.0 Å². The van der Waals surface area contributed by atoms with Crippen molar-refractivity contribution >= 4 is 27.3 Å². The molecule has 0 unspecified atom stereocenters. The van der Waals surface area contributed by atoms with E-state index in [9.17, 15) is 13.2 Å². The number of nitrogens with one attached hydrogen (secondary N) is 2. The number of rotatable bonds is 7. The Balaban J connectivity index is 1.65. The van der Waals surface area contributed by atoms with E-state index in [2.05, 4.69) is 10.0 Å².